The fraction of sp³-hybridized carbons (Fsp3) is 1.00. The average molecular weight is 403 g/mol. The number of hydrogen-bond donors (Lipinski definition) is 1. The first-order valence-corrected chi connectivity index (χ1v) is 14.6. The molecule has 0 fully saturated rings. The lowest BCUT2D eigenvalue weighted by molar-refractivity contribution is 0.282. The summed E-state index contributed by atoms with van der Waals surface area (Å²) in [6.45, 7) is 4.85. The van der Waals surface area contributed by atoms with Crippen molar-refractivity contribution >= 4 is 7.14 Å². The predicted octanol–water partition coefficient (Wildman–Crippen LogP) is 8.40. The molecular weight excluding hydrogens is 351 g/mol. The van der Waals surface area contributed by atoms with Gasteiger partial charge < -0.3 is 9.67 Å². The second-order valence-corrected chi connectivity index (χ2v) is 12.1. The molecule has 0 aliphatic carbocycles. The minimum atomic E-state index is -1.93. The van der Waals surface area contributed by atoms with Crippen LogP contribution < -0.4 is 0 Å². The Labute approximate surface area is 171 Å². The van der Waals surface area contributed by atoms with Gasteiger partial charge in [0.05, 0.1) is 7.14 Å². The SMILES string of the molecule is CCCCCCCCP(=O)(CCCCCCCC)CCCCCCCCO. The van der Waals surface area contributed by atoms with E-state index in [2.05, 4.69) is 13.8 Å². The van der Waals surface area contributed by atoms with E-state index in [0.717, 1.165) is 37.7 Å². The molecule has 0 aliphatic rings. The van der Waals surface area contributed by atoms with Crippen LogP contribution >= 0.6 is 7.14 Å². The molecule has 2 nitrogen and oxygen atoms in total. The lowest BCUT2D eigenvalue weighted by atomic mass is 10.1. The molecule has 0 bridgehead atoms. The van der Waals surface area contributed by atoms with Crippen LogP contribution in [0.25, 0.3) is 0 Å². The summed E-state index contributed by atoms with van der Waals surface area (Å²) < 4.78 is 13.5. The van der Waals surface area contributed by atoms with E-state index in [1.54, 1.807) is 0 Å². The van der Waals surface area contributed by atoms with Crippen molar-refractivity contribution in [1.29, 1.82) is 0 Å². The van der Waals surface area contributed by atoms with Gasteiger partial charge in [0, 0.05) is 25.1 Å². The molecule has 0 radical (unpaired) electrons. The van der Waals surface area contributed by atoms with Gasteiger partial charge in [-0.15, -0.1) is 0 Å². The first-order valence-electron chi connectivity index (χ1n) is 12.4. The zero-order chi connectivity index (χ0) is 20.1. The lowest BCUT2D eigenvalue weighted by Crippen LogP contribution is -2.02. The van der Waals surface area contributed by atoms with Crippen LogP contribution in [0.5, 0.6) is 0 Å². The number of rotatable bonds is 22. The van der Waals surface area contributed by atoms with Gasteiger partial charge in [0.25, 0.3) is 0 Å². The molecule has 0 saturated heterocycles. The standard InChI is InChI=1S/C24H51O2P/c1-3-5-7-9-14-18-22-27(26,23-19-15-10-8-6-4-2)24-20-16-12-11-13-17-21-25/h25H,3-24H2,1-2H3. The normalized spacial score (nSPS) is 12.0. The smallest absolute Gasteiger partial charge is 0.0877 e. The first-order chi connectivity index (χ1) is 13.2. The maximum absolute atomic E-state index is 13.5. The molecule has 0 saturated carbocycles. The fourth-order valence-corrected chi connectivity index (χ4v) is 6.99. The van der Waals surface area contributed by atoms with Gasteiger partial charge in [0.1, 0.15) is 0 Å². The highest BCUT2D eigenvalue weighted by Gasteiger charge is 2.20. The van der Waals surface area contributed by atoms with E-state index in [1.165, 1.54) is 96.3 Å². The molecule has 0 amide bonds. The molecule has 27 heavy (non-hydrogen) atoms. The van der Waals surface area contributed by atoms with Crippen molar-refractivity contribution in [1.82, 2.24) is 0 Å². The van der Waals surface area contributed by atoms with E-state index >= 15 is 0 Å². The van der Waals surface area contributed by atoms with Crippen LogP contribution in [-0.2, 0) is 4.57 Å². The molecule has 0 aromatic carbocycles. The van der Waals surface area contributed by atoms with Gasteiger partial charge in [0.15, 0.2) is 0 Å². The molecular formula is C24H51O2P. The Bertz CT molecular complexity index is 310. The summed E-state index contributed by atoms with van der Waals surface area (Å²) in [6, 6.07) is 0. The largest absolute Gasteiger partial charge is 0.396 e. The molecule has 0 aromatic rings. The second-order valence-electron chi connectivity index (χ2n) is 8.61. The zero-order valence-corrected chi connectivity index (χ0v) is 19.8. The van der Waals surface area contributed by atoms with Gasteiger partial charge in [-0.2, -0.15) is 0 Å². The van der Waals surface area contributed by atoms with Crippen molar-refractivity contribution in [2.45, 2.75) is 129 Å². The third-order valence-electron chi connectivity index (χ3n) is 5.81. The van der Waals surface area contributed by atoms with Crippen molar-refractivity contribution in [2.24, 2.45) is 0 Å². The molecule has 0 rings (SSSR count). The minimum absolute atomic E-state index is 0.325. The number of aliphatic hydroxyl groups excluding tert-OH is 1. The Kier molecular flexibility index (Phi) is 21.1. The quantitative estimate of drug-likeness (QED) is 0.146. The molecule has 0 heterocycles. The molecule has 0 aromatic heterocycles. The Hall–Kier alpha value is 0.190. The molecule has 0 spiro atoms. The highest BCUT2D eigenvalue weighted by Crippen LogP contribution is 2.48. The van der Waals surface area contributed by atoms with Gasteiger partial charge in [0.2, 0.25) is 0 Å². The average Bonchev–Trinajstić information content (AvgIpc) is 2.67. The van der Waals surface area contributed by atoms with Gasteiger partial charge in [-0.3, -0.25) is 0 Å². The summed E-state index contributed by atoms with van der Waals surface area (Å²) in [5.74, 6) is 0. The Morgan fingerprint density at radius 3 is 1.11 bits per heavy atom. The van der Waals surface area contributed by atoms with Crippen molar-refractivity contribution in [3.63, 3.8) is 0 Å². The van der Waals surface area contributed by atoms with E-state index < -0.39 is 7.14 Å². The van der Waals surface area contributed by atoms with Crippen LogP contribution in [-0.4, -0.2) is 30.2 Å². The third-order valence-corrected chi connectivity index (χ3v) is 9.21. The highest BCUT2D eigenvalue weighted by atomic mass is 31.2. The second kappa shape index (κ2) is 20.9. The number of hydrogen-bond acceptors (Lipinski definition) is 2. The minimum Gasteiger partial charge on any atom is -0.396 e. The molecule has 1 N–H and O–H groups in total. The first kappa shape index (κ1) is 27.2. The van der Waals surface area contributed by atoms with Crippen LogP contribution in [0.3, 0.4) is 0 Å². The predicted molar refractivity (Wildman–Crippen MR) is 124 cm³/mol. The summed E-state index contributed by atoms with van der Waals surface area (Å²) in [5, 5.41) is 8.84. The lowest BCUT2D eigenvalue weighted by Gasteiger charge is -2.18. The van der Waals surface area contributed by atoms with E-state index in [9.17, 15) is 4.57 Å². The van der Waals surface area contributed by atoms with Crippen LogP contribution in [0, 0.1) is 0 Å². The van der Waals surface area contributed by atoms with Crippen molar-refractivity contribution in [3.05, 3.63) is 0 Å². The summed E-state index contributed by atoms with van der Waals surface area (Å²) in [6.07, 6.45) is 25.6. The summed E-state index contributed by atoms with van der Waals surface area (Å²) in [7, 11) is -1.93. The molecule has 164 valence electrons. The monoisotopic (exact) mass is 402 g/mol. The summed E-state index contributed by atoms with van der Waals surface area (Å²) in [4.78, 5) is 0. The van der Waals surface area contributed by atoms with E-state index in [0.29, 0.717) is 6.61 Å². The Balaban J connectivity index is 4.04. The molecule has 0 unspecified atom stereocenters. The molecule has 0 aliphatic heterocycles. The van der Waals surface area contributed by atoms with Crippen LogP contribution in [0.15, 0.2) is 0 Å². The molecule has 3 heteroatoms. The van der Waals surface area contributed by atoms with Crippen molar-refractivity contribution < 1.29 is 9.67 Å². The third kappa shape index (κ3) is 19.3. The van der Waals surface area contributed by atoms with E-state index in [1.807, 2.05) is 0 Å². The molecule has 0 atom stereocenters. The van der Waals surface area contributed by atoms with Crippen LogP contribution in [0.2, 0.25) is 0 Å². The van der Waals surface area contributed by atoms with Gasteiger partial charge >= 0.3 is 0 Å². The van der Waals surface area contributed by atoms with Gasteiger partial charge in [-0.1, -0.05) is 104 Å². The summed E-state index contributed by atoms with van der Waals surface area (Å²) in [5.41, 5.74) is 0. The van der Waals surface area contributed by atoms with E-state index in [4.69, 9.17) is 5.11 Å². The maximum atomic E-state index is 13.5. The van der Waals surface area contributed by atoms with Crippen LogP contribution in [0.1, 0.15) is 129 Å². The van der Waals surface area contributed by atoms with E-state index in [-0.39, 0.29) is 0 Å². The fourth-order valence-electron chi connectivity index (χ4n) is 3.91. The number of unbranched alkanes of at least 4 members (excludes halogenated alkanes) is 15. The topological polar surface area (TPSA) is 37.3 Å². The van der Waals surface area contributed by atoms with Gasteiger partial charge in [-0.05, 0) is 25.7 Å². The number of aliphatic hydroxyl groups is 1. The van der Waals surface area contributed by atoms with Gasteiger partial charge in [-0.25, -0.2) is 0 Å². The zero-order valence-electron chi connectivity index (χ0n) is 18.9. The van der Waals surface area contributed by atoms with Crippen molar-refractivity contribution in [3.8, 4) is 0 Å². The Morgan fingerprint density at radius 1 is 0.481 bits per heavy atom. The maximum Gasteiger partial charge on any atom is 0.0877 e. The van der Waals surface area contributed by atoms with Crippen molar-refractivity contribution in [2.75, 3.05) is 25.1 Å². The van der Waals surface area contributed by atoms with Crippen LogP contribution in [0.4, 0.5) is 0 Å². The Morgan fingerprint density at radius 2 is 0.778 bits per heavy atom. The summed E-state index contributed by atoms with van der Waals surface area (Å²) >= 11 is 0. The highest BCUT2D eigenvalue weighted by molar-refractivity contribution is 7.63.